The highest BCUT2D eigenvalue weighted by Gasteiger charge is 2.26. The third-order valence-electron chi connectivity index (χ3n) is 4.46. The van der Waals surface area contributed by atoms with E-state index in [1.165, 1.54) is 29.6 Å². The molecule has 0 N–H and O–H groups in total. The summed E-state index contributed by atoms with van der Waals surface area (Å²) >= 11 is 12.0. The van der Waals surface area contributed by atoms with Gasteiger partial charge in [-0.2, -0.15) is 4.31 Å². The molecule has 0 aliphatic rings. The fourth-order valence-corrected chi connectivity index (χ4v) is 4.67. The van der Waals surface area contributed by atoms with Crippen LogP contribution in [0.5, 0.6) is 0 Å². The highest BCUT2D eigenvalue weighted by atomic mass is 35.5. The highest BCUT2D eigenvalue weighted by Crippen LogP contribution is 2.28. The van der Waals surface area contributed by atoms with E-state index in [0.29, 0.717) is 5.56 Å². The maximum Gasteiger partial charge on any atom is 0.337 e. The minimum absolute atomic E-state index is 0.0546. The van der Waals surface area contributed by atoms with E-state index < -0.39 is 16.0 Å². The topological polar surface area (TPSA) is 63.7 Å². The van der Waals surface area contributed by atoms with Crippen molar-refractivity contribution in [2.24, 2.45) is 0 Å². The number of esters is 1. The van der Waals surface area contributed by atoms with Gasteiger partial charge < -0.3 is 4.74 Å². The molecule has 3 aromatic carbocycles. The van der Waals surface area contributed by atoms with Gasteiger partial charge in [-0.25, -0.2) is 13.2 Å². The van der Waals surface area contributed by atoms with E-state index in [1.807, 2.05) is 30.3 Å². The molecule has 3 aromatic rings. The summed E-state index contributed by atoms with van der Waals surface area (Å²) in [6.07, 6.45) is 0. The molecule has 3 rings (SSSR count). The van der Waals surface area contributed by atoms with Crippen LogP contribution in [0.1, 0.15) is 21.5 Å². The molecule has 0 saturated heterocycles. The Kier molecular flexibility index (Phi) is 7.15. The number of benzene rings is 3. The van der Waals surface area contributed by atoms with Crippen LogP contribution in [0.2, 0.25) is 10.0 Å². The largest absolute Gasteiger partial charge is 0.465 e. The summed E-state index contributed by atoms with van der Waals surface area (Å²) in [7, 11) is -2.56. The molecule has 0 aliphatic heterocycles. The van der Waals surface area contributed by atoms with E-state index in [9.17, 15) is 13.2 Å². The number of hydrogen-bond acceptors (Lipinski definition) is 4. The Labute approximate surface area is 185 Å². The van der Waals surface area contributed by atoms with Crippen molar-refractivity contribution < 1.29 is 17.9 Å². The molecule has 0 amide bonds. The first-order valence-corrected chi connectivity index (χ1v) is 11.2. The molecule has 8 heteroatoms. The smallest absolute Gasteiger partial charge is 0.337 e. The van der Waals surface area contributed by atoms with Crippen LogP contribution < -0.4 is 0 Å². The Morgan fingerprint density at radius 2 is 1.47 bits per heavy atom. The van der Waals surface area contributed by atoms with E-state index in [0.717, 1.165) is 11.1 Å². The number of rotatable bonds is 7. The number of nitrogens with zero attached hydrogens (tertiary/aromatic N) is 1. The molecule has 0 spiro atoms. The fourth-order valence-electron chi connectivity index (χ4n) is 2.87. The van der Waals surface area contributed by atoms with Gasteiger partial charge in [0.2, 0.25) is 10.0 Å². The Bertz CT molecular complexity index is 1130. The zero-order valence-electron chi connectivity index (χ0n) is 16.1. The first-order valence-electron chi connectivity index (χ1n) is 8.97. The third kappa shape index (κ3) is 5.21. The van der Waals surface area contributed by atoms with Crippen LogP contribution in [0.3, 0.4) is 0 Å². The van der Waals surface area contributed by atoms with Crippen molar-refractivity contribution in [3.8, 4) is 0 Å². The van der Waals surface area contributed by atoms with Gasteiger partial charge in [-0.15, -0.1) is 0 Å². The molecule has 156 valence electrons. The number of hydrogen-bond donors (Lipinski definition) is 0. The van der Waals surface area contributed by atoms with Crippen LogP contribution in [-0.4, -0.2) is 25.8 Å². The van der Waals surface area contributed by atoms with Gasteiger partial charge in [-0.05, 0) is 41.5 Å². The maximum absolute atomic E-state index is 13.4. The van der Waals surface area contributed by atoms with E-state index >= 15 is 0 Å². The fraction of sp³-hybridized carbons (Fsp3) is 0.136. The average molecular weight is 464 g/mol. The van der Waals surface area contributed by atoms with Crippen molar-refractivity contribution in [2.45, 2.75) is 18.0 Å². The van der Waals surface area contributed by atoms with Crippen LogP contribution in [0.4, 0.5) is 0 Å². The van der Waals surface area contributed by atoms with Crippen molar-refractivity contribution in [3.63, 3.8) is 0 Å². The molecule has 0 bridgehead atoms. The summed E-state index contributed by atoms with van der Waals surface area (Å²) in [5.41, 5.74) is 1.96. The SMILES string of the molecule is COC(=O)c1ccc(CN(Cc2ccccc2)S(=O)(=O)c2ccc(Cl)c(Cl)c2)cc1. The number of carbonyl (C=O) groups excluding carboxylic acids is 1. The quantitative estimate of drug-likeness (QED) is 0.453. The molecule has 0 unspecified atom stereocenters. The Morgan fingerprint density at radius 1 is 0.867 bits per heavy atom. The van der Waals surface area contributed by atoms with Gasteiger partial charge >= 0.3 is 5.97 Å². The lowest BCUT2D eigenvalue weighted by Crippen LogP contribution is -2.30. The summed E-state index contributed by atoms with van der Waals surface area (Å²) in [4.78, 5) is 11.7. The second kappa shape index (κ2) is 9.62. The van der Waals surface area contributed by atoms with Gasteiger partial charge in [0.15, 0.2) is 0 Å². The first kappa shape index (κ1) is 22.3. The van der Waals surface area contributed by atoms with Crippen LogP contribution in [0.15, 0.2) is 77.7 Å². The first-order chi connectivity index (χ1) is 14.3. The standard InChI is InChI=1S/C22H19Cl2NO4S/c1-29-22(26)18-9-7-17(8-10-18)15-25(14-16-5-3-2-4-6-16)30(27,28)19-11-12-20(23)21(24)13-19/h2-13H,14-15H2,1H3. The molecular formula is C22H19Cl2NO4S. The van der Waals surface area contributed by atoms with Crippen molar-refractivity contribution >= 4 is 39.2 Å². The number of halogens is 2. The molecule has 5 nitrogen and oxygen atoms in total. The second-order valence-corrected chi connectivity index (χ2v) is 9.28. The van der Waals surface area contributed by atoms with E-state index in [1.54, 1.807) is 24.3 Å². The van der Waals surface area contributed by atoms with Crippen LogP contribution in [-0.2, 0) is 27.8 Å². The van der Waals surface area contributed by atoms with E-state index in [-0.39, 0.29) is 28.0 Å². The molecule has 0 aliphatic carbocycles. The van der Waals surface area contributed by atoms with Crippen molar-refractivity contribution in [2.75, 3.05) is 7.11 Å². The molecule has 0 aromatic heterocycles. The van der Waals surface area contributed by atoms with E-state index in [2.05, 4.69) is 0 Å². The zero-order chi connectivity index (χ0) is 21.7. The zero-order valence-corrected chi connectivity index (χ0v) is 18.4. The monoisotopic (exact) mass is 463 g/mol. The number of methoxy groups -OCH3 is 1. The maximum atomic E-state index is 13.4. The lowest BCUT2D eigenvalue weighted by Gasteiger charge is -2.23. The summed E-state index contributed by atoms with van der Waals surface area (Å²) < 4.78 is 32.8. The highest BCUT2D eigenvalue weighted by molar-refractivity contribution is 7.89. The summed E-state index contributed by atoms with van der Waals surface area (Å²) in [6, 6.07) is 20.1. The van der Waals surface area contributed by atoms with Gasteiger partial charge in [-0.1, -0.05) is 65.7 Å². The number of ether oxygens (including phenoxy) is 1. The molecule has 0 radical (unpaired) electrons. The van der Waals surface area contributed by atoms with Crippen molar-refractivity contribution in [1.82, 2.24) is 4.31 Å². The average Bonchev–Trinajstić information content (AvgIpc) is 2.75. The van der Waals surface area contributed by atoms with Gasteiger partial charge in [0.05, 0.1) is 27.6 Å². The summed E-state index contributed by atoms with van der Waals surface area (Å²) in [5.74, 6) is -0.453. The lowest BCUT2D eigenvalue weighted by atomic mass is 10.1. The molecule has 0 saturated carbocycles. The molecule has 0 fully saturated rings. The number of carbonyl (C=O) groups is 1. The van der Waals surface area contributed by atoms with Gasteiger partial charge in [0.25, 0.3) is 0 Å². The molecule has 0 heterocycles. The number of sulfonamides is 1. The molecule has 0 atom stereocenters. The Hall–Kier alpha value is -2.38. The van der Waals surface area contributed by atoms with E-state index in [4.69, 9.17) is 27.9 Å². The van der Waals surface area contributed by atoms with Crippen LogP contribution in [0, 0.1) is 0 Å². The third-order valence-corrected chi connectivity index (χ3v) is 6.99. The summed E-state index contributed by atoms with van der Waals surface area (Å²) in [6.45, 7) is 0.279. The van der Waals surface area contributed by atoms with Crippen LogP contribution >= 0.6 is 23.2 Å². The van der Waals surface area contributed by atoms with Crippen LogP contribution in [0.25, 0.3) is 0 Å². The predicted molar refractivity (Wildman–Crippen MR) is 117 cm³/mol. The van der Waals surface area contributed by atoms with Crippen molar-refractivity contribution in [3.05, 3.63) is 99.5 Å². The Morgan fingerprint density at radius 3 is 2.03 bits per heavy atom. The van der Waals surface area contributed by atoms with Gasteiger partial charge in [0, 0.05) is 13.1 Å². The normalized spacial score (nSPS) is 11.5. The van der Waals surface area contributed by atoms with Gasteiger partial charge in [0.1, 0.15) is 0 Å². The second-order valence-electron chi connectivity index (χ2n) is 6.52. The van der Waals surface area contributed by atoms with Crippen molar-refractivity contribution in [1.29, 1.82) is 0 Å². The lowest BCUT2D eigenvalue weighted by molar-refractivity contribution is 0.0600. The minimum atomic E-state index is -3.87. The minimum Gasteiger partial charge on any atom is -0.465 e. The molecular weight excluding hydrogens is 445 g/mol. The molecule has 30 heavy (non-hydrogen) atoms. The van der Waals surface area contributed by atoms with Gasteiger partial charge in [-0.3, -0.25) is 0 Å². The Balaban J connectivity index is 1.95. The predicted octanol–water partition coefficient (Wildman–Crippen LogP) is 5.17. The summed E-state index contributed by atoms with van der Waals surface area (Å²) in [5, 5.41) is 0.448.